The minimum Gasteiger partial charge on any atom is -0.366 e. The van der Waals surface area contributed by atoms with Crippen LogP contribution in [-0.2, 0) is 6.54 Å². The van der Waals surface area contributed by atoms with E-state index in [1.807, 2.05) is 12.1 Å². The molecule has 4 rings (SSSR count). The Bertz CT molecular complexity index is 702. The van der Waals surface area contributed by atoms with E-state index < -0.39 is 0 Å². The molecule has 2 unspecified atom stereocenters. The topological polar surface area (TPSA) is 49.6 Å². The van der Waals surface area contributed by atoms with Crippen LogP contribution in [0.3, 0.4) is 0 Å². The number of nitro benzene ring substituents is 1. The molecule has 2 saturated heterocycles. The lowest BCUT2D eigenvalue weighted by atomic mass is 10.2. The van der Waals surface area contributed by atoms with Gasteiger partial charge in [0.2, 0.25) is 0 Å². The maximum Gasteiger partial charge on any atom is 0.269 e. The summed E-state index contributed by atoms with van der Waals surface area (Å²) in [5, 5.41) is 10.8. The molecule has 0 aliphatic carbocycles. The molecule has 0 aromatic heterocycles. The molecule has 2 aliphatic rings. The number of nitro groups is 1. The van der Waals surface area contributed by atoms with Crippen LogP contribution in [0.2, 0.25) is 0 Å². The van der Waals surface area contributed by atoms with E-state index in [1.54, 1.807) is 12.1 Å². The first kappa shape index (κ1) is 14.2. The highest BCUT2D eigenvalue weighted by Gasteiger charge is 2.43. The van der Waals surface area contributed by atoms with E-state index in [-0.39, 0.29) is 10.6 Å². The Morgan fingerprint density at radius 1 is 1.00 bits per heavy atom. The first-order valence-electron chi connectivity index (χ1n) is 8.00. The molecule has 23 heavy (non-hydrogen) atoms. The van der Waals surface area contributed by atoms with Crippen LogP contribution in [0.1, 0.15) is 12.0 Å². The van der Waals surface area contributed by atoms with Gasteiger partial charge >= 0.3 is 0 Å². The Morgan fingerprint density at radius 3 is 2.35 bits per heavy atom. The molecule has 2 bridgehead atoms. The molecule has 2 fully saturated rings. The normalized spacial score (nSPS) is 23.4. The minimum atomic E-state index is -0.346. The third kappa shape index (κ3) is 2.68. The quantitative estimate of drug-likeness (QED) is 0.643. The number of non-ortho nitro benzene ring substituents is 1. The second-order valence-corrected chi connectivity index (χ2v) is 6.38. The molecule has 0 saturated carbocycles. The first-order chi connectivity index (χ1) is 11.2. The van der Waals surface area contributed by atoms with Crippen molar-refractivity contribution in [1.29, 1.82) is 0 Å². The average Bonchev–Trinajstić information content (AvgIpc) is 3.16. The molecule has 2 atom stereocenters. The molecule has 2 heterocycles. The SMILES string of the molecule is O=[N+]([O-])c1ccc(N2CC3CC2CN3Cc2ccccc2)cc1. The monoisotopic (exact) mass is 309 g/mol. The smallest absolute Gasteiger partial charge is 0.269 e. The highest BCUT2D eigenvalue weighted by atomic mass is 16.6. The fourth-order valence-electron chi connectivity index (χ4n) is 3.84. The van der Waals surface area contributed by atoms with Crippen LogP contribution in [0.25, 0.3) is 0 Å². The standard InChI is InChI=1S/C18H19N3O2/c22-21(23)16-8-6-15(7-9-16)20-13-17-10-18(20)12-19(17)11-14-4-2-1-3-5-14/h1-9,17-18H,10-13H2. The summed E-state index contributed by atoms with van der Waals surface area (Å²) >= 11 is 0. The van der Waals surface area contributed by atoms with Crippen molar-refractivity contribution in [1.82, 2.24) is 4.90 Å². The predicted molar refractivity (Wildman–Crippen MR) is 89.5 cm³/mol. The van der Waals surface area contributed by atoms with Gasteiger partial charge in [0, 0.05) is 49.5 Å². The zero-order valence-corrected chi connectivity index (χ0v) is 12.8. The van der Waals surface area contributed by atoms with Gasteiger partial charge < -0.3 is 4.90 Å². The number of hydrogen-bond donors (Lipinski definition) is 0. The fourth-order valence-corrected chi connectivity index (χ4v) is 3.84. The molecular formula is C18H19N3O2. The third-order valence-electron chi connectivity index (χ3n) is 4.97. The summed E-state index contributed by atoms with van der Waals surface area (Å²) in [4.78, 5) is 15.4. The minimum absolute atomic E-state index is 0.156. The second kappa shape index (κ2) is 5.66. The van der Waals surface area contributed by atoms with E-state index in [0.717, 1.165) is 25.3 Å². The van der Waals surface area contributed by atoms with Crippen molar-refractivity contribution >= 4 is 11.4 Å². The average molecular weight is 309 g/mol. The lowest BCUT2D eigenvalue weighted by Gasteiger charge is -2.35. The number of fused-ring (bicyclic) bond motifs is 2. The molecular weight excluding hydrogens is 290 g/mol. The number of likely N-dealkylation sites (tertiary alicyclic amines) is 1. The molecule has 0 spiro atoms. The number of piperazine rings is 1. The summed E-state index contributed by atoms with van der Waals surface area (Å²) in [6, 6.07) is 18.6. The van der Waals surface area contributed by atoms with Gasteiger partial charge in [-0.05, 0) is 24.1 Å². The number of anilines is 1. The molecule has 2 aromatic rings. The van der Waals surface area contributed by atoms with Gasteiger partial charge in [0.05, 0.1) is 4.92 Å². The van der Waals surface area contributed by atoms with Crippen molar-refractivity contribution in [3.63, 3.8) is 0 Å². The lowest BCUT2D eigenvalue weighted by molar-refractivity contribution is -0.384. The molecule has 2 aromatic carbocycles. The van der Waals surface area contributed by atoms with Gasteiger partial charge in [-0.3, -0.25) is 15.0 Å². The van der Waals surface area contributed by atoms with Crippen molar-refractivity contribution in [2.75, 3.05) is 18.0 Å². The maximum absolute atomic E-state index is 10.8. The van der Waals surface area contributed by atoms with Crippen LogP contribution in [0.4, 0.5) is 11.4 Å². The Kier molecular flexibility index (Phi) is 3.50. The summed E-state index contributed by atoms with van der Waals surface area (Å²) in [5.41, 5.74) is 2.62. The van der Waals surface area contributed by atoms with Crippen LogP contribution in [0.5, 0.6) is 0 Å². The Balaban J connectivity index is 1.43. The van der Waals surface area contributed by atoms with Gasteiger partial charge in [0.15, 0.2) is 0 Å². The highest BCUT2D eigenvalue weighted by molar-refractivity contribution is 5.53. The summed E-state index contributed by atoms with van der Waals surface area (Å²) < 4.78 is 0. The maximum atomic E-state index is 10.8. The molecule has 0 radical (unpaired) electrons. The molecule has 0 amide bonds. The number of nitrogens with zero attached hydrogens (tertiary/aromatic N) is 3. The lowest BCUT2D eigenvalue weighted by Crippen LogP contribution is -2.46. The van der Waals surface area contributed by atoms with E-state index in [0.29, 0.717) is 12.1 Å². The summed E-state index contributed by atoms with van der Waals surface area (Å²) in [6.07, 6.45) is 1.18. The van der Waals surface area contributed by atoms with Gasteiger partial charge in [-0.15, -0.1) is 0 Å². The summed E-state index contributed by atoms with van der Waals surface area (Å²) in [7, 11) is 0. The zero-order valence-electron chi connectivity index (χ0n) is 12.8. The molecule has 5 heteroatoms. The van der Waals surface area contributed by atoms with Gasteiger partial charge in [0.1, 0.15) is 0 Å². The van der Waals surface area contributed by atoms with E-state index in [4.69, 9.17) is 0 Å². The zero-order chi connectivity index (χ0) is 15.8. The number of benzene rings is 2. The van der Waals surface area contributed by atoms with Gasteiger partial charge in [-0.25, -0.2) is 0 Å². The van der Waals surface area contributed by atoms with E-state index in [1.165, 1.54) is 12.0 Å². The summed E-state index contributed by atoms with van der Waals surface area (Å²) in [6.45, 7) is 3.09. The van der Waals surface area contributed by atoms with Gasteiger partial charge in [-0.2, -0.15) is 0 Å². The Hall–Kier alpha value is -2.40. The number of hydrogen-bond acceptors (Lipinski definition) is 4. The fraction of sp³-hybridized carbons (Fsp3) is 0.333. The number of rotatable bonds is 4. The van der Waals surface area contributed by atoms with E-state index >= 15 is 0 Å². The van der Waals surface area contributed by atoms with Gasteiger partial charge in [-0.1, -0.05) is 30.3 Å². The van der Waals surface area contributed by atoms with Crippen LogP contribution in [0, 0.1) is 10.1 Å². The van der Waals surface area contributed by atoms with Crippen LogP contribution in [0.15, 0.2) is 54.6 Å². The van der Waals surface area contributed by atoms with Crippen molar-refractivity contribution in [2.45, 2.75) is 25.0 Å². The third-order valence-corrected chi connectivity index (χ3v) is 4.97. The summed E-state index contributed by atoms with van der Waals surface area (Å²) in [5.74, 6) is 0. The second-order valence-electron chi connectivity index (χ2n) is 6.38. The van der Waals surface area contributed by atoms with E-state index in [2.05, 4.69) is 40.1 Å². The van der Waals surface area contributed by atoms with Crippen molar-refractivity contribution in [3.05, 3.63) is 70.3 Å². The van der Waals surface area contributed by atoms with Crippen molar-refractivity contribution < 1.29 is 4.92 Å². The Morgan fingerprint density at radius 2 is 1.74 bits per heavy atom. The van der Waals surface area contributed by atoms with Crippen molar-refractivity contribution in [2.24, 2.45) is 0 Å². The van der Waals surface area contributed by atoms with Crippen LogP contribution < -0.4 is 4.90 Å². The molecule has 118 valence electrons. The predicted octanol–water partition coefficient (Wildman–Crippen LogP) is 3.06. The van der Waals surface area contributed by atoms with Crippen LogP contribution >= 0.6 is 0 Å². The largest absolute Gasteiger partial charge is 0.366 e. The molecule has 2 aliphatic heterocycles. The highest BCUT2D eigenvalue weighted by Crippen LogP contribution is 2.35. The van der Waals surface area contributed by atoms with Gasteiger partial charge in [0.25, 0.3) is 5.69 Å². The first-order valence-corrected chi connectivity index (χ1v) is 8.00. The molecule has 5 nitrogen and oxygen atoms in total. The van der Waals surface area contributed by atoms with Crippen molar-refractivity contribution in [3.8, 4) is 0 Å². The van der Waals surface area contributed by atoms with E-state index in [9.17, 15) is 10.1 Å². The Labute approximate surface area is 135 Å². The molecule has 0 N–H and O–H groups in total. The van der Waals surface area contributed by atoms with Crippen LogP contribution in [-0.4, -0.2) is 35.0 Å².